The molecule has 0 fully saturated rings. The smallest absolute Gasteiger partial charge is 0.310 e. The Kier molecular flexibility index (Phi) is 13.7. The SMILES string of the molecule is CCCCCCCCCCCCC=CC(CC(N)=O)C(=O)O. The largest absolute Gasteiger partial charge is 0.481 e. The number of allylic oxidation sites excluding steroid dienone is 1. The molecule has 0 heterocycles. The van der Waals surface area contributed by atoms with Gasteiger partial charge in [0.2, 0.25) is 5.91 Å². The molecular formula is C18H33NO3. The summed E-state index contributed by atoms with van der Waals surface area (Å²) in [5.41, 5.74) is 5.03. The Morgan fingerprint density at radius 2 is 1.45 bits per heavy atom. The zero-order valence-electron chi connectivity index (χ0n) is 14.1. The number of carboxylic acid groups (broad SMARTS) is 1. The van der Waals surface area contributed by atoms with Gasteiger partial charge in [-0.05, 0) is 12.8 Å². The molecule has 0 aliphatic rings. The molecule has 0 aromatic heterocycles. The molecular weight excluding hydrogens is 278 g/mol. The van der Waals surface area contributed by atoms with Crippen molar-refractivity contribution in [3.8, 4) is 0 Å². The van der Waals surface area contributed by atoms with Crippen LogP contribution in [0.15, 0.2) is 12.2 Å². The number of hydrogen-bond acceptors (Lipinski definition) is 2. The molecule has 128 valence electrons. The summed E-state index contributed by atoms with van der Waals surface area (Å²) in [4.78, 5) is 21.7. The van der Waals surface area contributed by atoms with Crippen LogP contribution >= 0.6 is 0 Å². The molecule has 1 amide bonds. The van der Waals surface area contributed by atoms with Crippen LogP contribution in [0.1, 0.15) is 84.0 Å². The molecule has 0 aromatic rings. The number of aliphatic carboxylic acids is 1. The van der Waals surface area contributed by atoms with Crippen LogP contribution in [-0.2, 0) is 9.59 Å². The molecule has 4 nitrogen and oxygen atoms in total. The number of carbonyl (C=O) groups is 2. The standard InChI is InChI=1S/C18H33NO3/c1-2-3-4-5-6-7-8-9-10-11-12-13-14-16(18(21)22)15-17(19)20/h13-14,16H,2-12,15H2,1H3,(H2,19,20)(H,21,22). The lowest BCUT2D eigenvalue weighted by Crippen LogP contribution is -2.20. The van der Waals surface area contributed by atoms with Crippen LogP contribution < -0.4 is 5.73 Å². The van der Waals surface area contributed by atoms with E-state index in [1.54, 1.807) is 6.08 Å². The Bertz CT molecular complexity index is 326. The van der Waals surface area contributed by atoms with Crippen molar-refractivity contribution in [2.24, 2.45) is 11.7 Å². The lowest BCUT2D eigenvalue weighted by Gasteiger charge is -2.04. The first-order valence-electron chi connectivity index (χ1n) is 8.75. The molecule has 0 radical (unpaired) electrons. The van der Waals surface area contributed by atoms with Crippen LogP contribution in [0.5, 0.6) is 0 Å². The zero-order chi connectivity index (χ0) is 16.6. The summed E-state index contributed by atoms with van der Waals surface area (Å²) in [6, 6.07) is 0. The number of unbranched alkanes of at least 4 members (excludes halogenated alkanes) is 10. The molecule has 0 aromatic carbocycles. The van der Waals surface area contributed by atoms with Gasteiger partial charge in [-0.25, -0.2) is 0 Å². The van der Waals surface area contributed by atoms with Crippen LogP contribution in [0.2, 0.25) is 0 Å². The van der Waals surface area contributed by atoms with Gasteiger partial charge in [0, 0.05) is 6.42 Å². The minimum absolute atomic E-state index is 0.121. The fraction of sp³-hybridized carbons (Fsp3) is 0.778. The topological polar surface area (TPSA) is 80.4 Å². The fourth-order valence-electron chi connectivity index (χ4n) is 2.46. The monoisotopic (exact) mass is 311 g/mol. The molecule has 22 heavy (non-hydrogen) atoms. The van der Waals surface area contributed by atoms with Gasteiger partial charge in [-0.15, -0.1) is 0 Å². The number of rotatable bonds is 15. The highest BCUT2D eigenvalue weighted by Crippen LogP contribution is 2.12. The van der Waals surface area contributed by atoms with Gasteiger partial charge in [0.05, 0.1) is 5.92 Å². The van der Waals surface area contributed by atoms with Crippen molar-refractivity contribution in [2.45, 2.75) is 84.0 Å². The Balaban J connectivity index is 3.49. The summed E-state index contributed by atoms with van der Waals surface area (Å²) >= 11 is 0. The van der Waals surface area contributed by atoms with Gasteiger partial charge in [0.1, 0.15) is 0 Å². The number of carboxylic acids is 1. The number of nitrogens with two attached hydrogens (primary N) is 1. The lowest BCUT2D eigenvalue weighted by atomic mass is 10.0. The van der Waals surface area contributed by atoms with Crippen molar-refractivity contribution >= 4 is 11.9 Å². The number of amides is 1. The van der Waals surface area contributed by atoms with Crippen molar-refractivity contribution in [2.75, 3.05) is 0 Å². The second-order valence-electron chi connectivity index (χ2n) is 6.01. The van der Waals surface area contributed by atoms with Crippen molar-refractivity contribution in [1.29, 1.82) is 0 Å². The summed E-state index contributed by atoms with van der Waals surface area (Å²) in [6.07, 6.45) is 17.1. The van der Waals surface area contributed by atoms with Crippen LogP contribution in [0.4, 0.5) is 0 Å². The average Bonchev–Trinajstić information content (AvgIpc) is 2.46. The van der Waals surface area contributed by atoms with Crippen molar-refractivity contribution in [3.05, 3.63) is 12.2 Å². The van der Waals surface area contributed by atoms with Gasteiger partial charge in [-0.3, -0.25) is 9.59 Å². The van der Waals surface area contributed by atoms with Gasteiger partial charge in [0.15, 0.2) is 0 Å². The maximum atomic E-state index is 10.9. The zero-order valence-corrected chi connectivity index (χ0v) is 14.1. The lowest BCUT2D eigenvalue weighted by molar-refractivity contribution is -0.141. The van der Waals surface area contributed by atoms with Gasteiger partial charge < -0.3 is 10.8 Å². The normalized spacial score (nSPS) is 12.6. The molecule has 0 spiro atoms. The van der Waals surface area contributed by atoms with E-state index in [1.165, 1.54) is 57.8 Å². The van der Waals surface area contributed by atoms with Crippen LogP contribution in [0.3, 0.4) is 0 Å². The molecule has 0 bridgehead atoms. The van der Waals surface area contributed by atoms with E-state index in [0.717, 1.165) is 12.8 Å². The van der Waals surface area contributed by atoms with Crippen molar-refractivity contribution < 1.29 is 14.7 Å². The molecule has 0 aliphatic carbocycles. The predicted octanol–water partition coefficient (Wildman–Crippen LogP) is 4.43. The fourth-order valence-corrected chi connectivity index (χ4v) is 2.46. The molecule has 3 N–H and O–H groups in total. The molecule has 0 rings (SSSR count). The van der Waals surface area contributed by atoms with Crippen LogP contribution in [0.25, 0.3) is 0 Å². The van der Waals surface area contributed by atoms with Crippen LogP contribution in [0, 0.1) is 5.92 Å². The summed E-state index contributed by atoms with van der Waals surface area (Å²) in [6.45, 7) is 2.24. The number of carbonyl (C=O) groups excluding carboxylic acids is 1. The highest BCUT2D eigenvalue weighted by molar-refractivity contribution is 5.82. The first-order valence-corrected chi connectivity index (χ1v) is 8.75. The van der Waals surface area contributed by atoms with E-state index in [9.17, 15) is 9.59 Å². The molecule has 0 saturated carbocycles. The van der Waals surface area contributed by atoms with Crippen molar-refractivity contribution in [3.63, 3.8) is 0 Å². The number of primary amides is 1. The minimum Gasteiger partial charge on any atom is -0.481 e. The third-order valence-electron chi connectivity index (χ3n) is 3.83. The molecule has 4 heteroatoms. The maximum absolute atomic E-state index is 10.9. The predicted molar refractivity (Wildman–Crippen MR) is 90.5 cm³/mol. The summed E-state index contributed by atoms with van der Waals surface area (Å²) in [7, 11) is 0. The highest BCUT2D eigenvalue weighted by atomic mass is 16.4. The molecule has 1 unspecified atom stereocenters. The Morgan fingerprint density at radius 1 is 0.955 bits per heavy atom. The Labute approximate surface area is 135 Å². The van der Waals surface area contributed by atoms with Crippen LogP contribution in [-0.4, -0.2) is 17.0 Å². The Hall–Kier alpha value is -1.32. The van der Waals surface area contributed by atoms with E-state index >= 15 is 0 Å². The molecule has 0 aliphatic heterocycles. The second kappa shape index (κ2) is 14.6. The van der Waals surface area contributed by atoms with Gasteiger partial charge in [0.25, 0.3) is 0 Å². The minimum atomic E-state index is -0.988. The van der Waals surface area contributed by atoms with E-state index in [1.807, 2.05) is 6.08 Å². The molecule has 0 saturated heterocycles. The van der Waals surface area contributed by atoms with Gasteiger partial charge in [-0.1, -0.05) is 76.9 Å². The Morgan fingerprint density at radius 3 is 1.91 bits per heavy atom. The summed E-state index contributed by atoms with van der Waals surface area (Å²) in [5, 5.41) is 8.94. The maximum Gasteiger partial charge on any atom is 0.310 e. The summed E-state index contributed by atoms with van der Waals surface area (Å²) in [5.74, 6) is -2.34. The van der Waals surface area contributed by atoms with E-state index < -0.39 is 17.8 Å². The second-order valence-corrected chi connectivity index (χ2v) is 6.01. The van der Waals surface area contributed by atoms with Gasteiger partial charge >= 0.3 is 5.97 Å². The van der Waals surface area contributed by atoms with E-state index in [2.05, 4.69) is 6.92 Å². The first kappa shape index (κ1) is 20.7. The van der Waals surface area contributed by atoms with E-state index in [0.29, 0.717) is 0 Å². The third-order valence-corrected chi connectivity index (χ3v) is 3.83. The van der Waals surface area contributed by atoms with Crippen molar-refractivity contribution in [1.82, 2.24) is 0 Å². The molecule has 1 atom stereocenters. The summed E-state index contributed by atoms with van der Waals surface area (Å²) < 4.78 is 0. The average molecular weight is 311 g/mol. The number of hydrogen-bond donors (Lipinski definition) is 2. The van der Waals surface area contributed by atoms with E-state index in [-0.39, 0.29) is 6.42 Å². The first-order chi connectivity index (χ1) is 10.6. The third kappa shape index (κ3) is 13.7. The highest BCUT2D eigenvalue weighted by Gasteiger charge is 2.15. The van der Waals surface area contributed by atoms with E-state index in [4.69, 9.17) is 10.8 Å². The quantitative estimate of drug-likeness (QED) is 0.347. The van der Waals surface area contributed by atoms with Gasteiger partial charge in [-0.2, -0.15) is 0 Å².